The molecule has 0 saturated carbocycles. The molecule has 0 fully saturated rings. The summed E-state index contributed by atoms with van der Waals surface area (Å²) in [4.78, 5) is 27.0. The Labute approximate surface area is 198 Å². The quantitative estimate of drug-likeness (QED) is 0.409. The Kier molecular flexibility index (Phi) is 7.89. The number of anilines is 2. The minimum Gasteiger partial charge on any atom is -0.497 e. The van der Waals surface area contributed by atoms with Gasteiger partial charge in [-0.3, -0.25) is 0 Å². The molecule has 0 aliphatic carbocycles. The van der Waals surface area contributed by atoms with Gasteiger partial charge in [0.1, 0.15) is 5.75 Å². The van der Waals surface area contributed by atoms with E-state index in [9.17, 15) is 9.59 Å². The fraction of sp³-hybridized carbons (Fsp3) is 0.292. The number of hydrogen-bond donors (Lipinski definition) is 3. The Morgan fingerprint density at radius 2 is 1.79 bits per heavy atom. The van der Waals surface area contributed by atoms with E-state index in [4.69, 9.17) is 21.7 Å². The standard InChI is InChI=1S/C24H28N4O4S/c1-5-28-15(3)20(22(29)32-6-2)21(27-24(28)33)16-10-12-17(13-11-16)25-23(30)26-18-8-7-9-19(14-18)31-4/h7-14,21H,5-6H2,1-4H3,(H,27,33)(H2,25,26,30). The molecule has 0 spiro atoms. The summed E-state index contributed by atoms with van der Waals surface area (Å²) in [5, 5.41) is 9.36. The molecule has 9 heteroatoms. The Bertz CT molecular complexity index is 1070. The molecule has 1 aliphatic rings. The first kappa shape index (κ1) is 24.1. The lowest BCUT2D eigenvalue weighted by Crippen LogP contribution is -2.47. The fourth-order valence-corrected chi connectivity index (χ4v) is 4.02. The van der Waals surface area contributed by atoms with E-state index in [1.807, 2.05) is 30.9 Å². The van der Waals surface area contributed by atoms with E-state index >= 15 is 0 Å². The molecule has 2 aromatic carbocycles. The van der Waals surface area contributed by atoms with Crippen molar-refractivity contribution in [3.8, 4) is 5.75 Å². The zero-order chi connectivity index (χ0) is 24.0. The van der Waals surface area contributed by atoms with E-state index in [2.05, 4.69) is 16.0 Å². The van der Waals surface area contributed by atoms with Crippen LogP contribution < -0.4 is 20.7 Å². The third-order valence-electron chi connectivity index (χ3n) is 5.24. The molecular weight excluding hydrogens is 440 g/mol. The van der Waals surface area contributed by atoms with Gasteiger partial charge in [-0.1, -0.05) is 18.2 Å². The number of benzene rings is 2. The SMILES string of the molecule is CCOC(=O)C1=C(C)N(CC)C(=S)NC1c1ccc(NC(=O)Nc2cccc(OC)c2)cc1. The van der Waals surface area contributed by atoms with Gasteiger partial charge in [-0.25, -0.2) is 9.59 Å². The van der Waals surface area contributed by atoms with Crippen LogP contribution in [0.4, 0.5) is 16.2 Å². The molecule has 3 rings (SSSR count). The first-order valence-corrected chi connectivity index (χ1v) is 11.1. The van der Waals surface area contributed by atoms with E-state index < -0.39 is 6.04 Å². The number of allylic oxidation sites excluding steroid dienone is 1. The smallest absolute Gasteiger partial charge is 0.338 e. The monoisotopic (exact) mass is 468 g/mol. The lowest BCUT2D eigenvalue weighted by atomic mass is 9.95. The average Bonchev–Trinajstić information content (AvgIpc) is 2.79. The van der Waals surface area contributed by atoms with Crippen molar-refractivity contribution < 1.29 is 19.1 Å². The molecule has 0 radical (unpaired) electrons. The van der Waals surface area contributed by atoms with Crippen LogP contribution in [-0.4, -0.2) is 42.3 Å². The number of carbonyl (C=O) groups excluding carboxylic acids is 2. The third kappa shape index (κ3) is 5.61. The second-order valence-electron chi connectivity index (χ2n) is 7.28. The largest absolute Gasteiger partial charge is 0.497 e. The minimum absolute atomic E-state index is 0.282. The molecule has 8 nitrogen and oxygen atoms in total. The molecule has 2 amide bonds. The van der Waals surface area contributed by atoms with Crippen LogP contribution in [-0.2, 0) is 9.53 Å². The van der Waals surface area contributed by atoms with Crippen molar-refractivity contribution in [2.24, 2.45) is 0 Å². The van der Waals surface area contributed by atoms with Crippen LogP contribution in [0.3, 0.4) is 0 Å². The maximum Gasteiger partial charge on any atom is 0.338 e. The summed E-state index contributed by atoms with van der Waals surface area (Å²) < 4.78 is 10.5. The number of nitrogens with one attached hydrogen (secondary N) is 3. The third-order valence-corrected chi connectivity index (χ3v) is 5.58. The molecule has 1 atom stereocenters. The summed E-state index contributed by atoms with van der Waals surface area (Å²) in [5.41, 5.74) is 3.33. The summed E-state index contributed by atoms with van der Waals surface area (Å²) in [7, 11) is 1.57. The predicted octanol–water partition coefficient (Wildman–Crippen LogP) is 4.43. The van der Waals surface area contributed by atoms with E-state index in [1.165, 1.54) is 0 Å². The molecule has 1 heterocycles. The summed E-state index contributed by atoms with van der Waals surface area (Å²) in [6, 6.07) is 13.5. The van der Waals surface area contributed by atoms with Gasteiger partial charge in [0.05, 0.1) is 25.3 Å². The van der Waals surface area contributed by atoms with Crippen LogP contribution in [0, 0.1) is 0 Å². The van der Waals surface area contributed by atoms with Crippen molar-refractivity contribution in [3.05, 3.63) is 65.4 Å². The number of carbonyl (C=O) groups is 2. The number of hydrogen-bond acceptors (Lipinski definition) is 5. The molecule has 174 valence electrons. The van der Waals surface area contributed by atoms with Crippen LogP contribution in [0.5, 0.6) is 5.75 Å². The van der Waals surface area contributed by atoms with Crippen molar-refractivity contribution in [2.75, 3.05) is 30.9 Å². The van der Waals surface area contributed by atoms with Crippen molar-refractivity contribution >= 4 is 40.7 Å². The zero-order valence-electron chi connectivity index (χ0n) is 19.1. The van der Waals surface area contributed by atoms with Crippen LogP contribution in [0.1, 0.15) is 32.4 Å². The molecule has 1 aliphatic heterocycles. The van der Waals surface area contributed by atoms with Crippen LogP contribution in [0.2, 0.25) is 0 Å². The van der Waals surface area contributed by atoms with Gasteiger partial charge in [-0.15, -0.1) is 0 Å². The Morgan fingerprint density at radius 3 is 2.42 bits per heavy atom. The maximum atomic E-state index is 12.7. The molecule has 0 saturated heterocycles. The van der Waals surface area contributed by atoms with Gasteiger partial charge >= 0.3 is 12.0 Å². The van der Waals surface area contributed by atoms with Crippen molar-refractivity contribution in [2.45, 2.75) is 26.8 Å². The molecule has 0 aromatic heterocycles. The number of amides is 2. The van der Waals surface area contributed by atoms with Crippen LogP contribution >= 0.6 is 12.2 Å². The zero-order valence-corrected chi connectivity index (χ0v) is 19.9. The lowest BCUT2D eigenvalue weighted by Gasteiger charge is -2.37. The van der Waals surface area contributed by atoms with E-state index in [0.717, 1.165) is 11.3 Å². The van der Waals surface area contributed by atoms with E-state index in [1.54, 1.807) is 50.4 Å². The highest BCUT2D eigenvalue weighted by Crippen LogP contribution is 2.32. The number of methoxy groups -OCH3 is 1. The van der Waals surface area contributed by atoms with Crippen LogP contribution in [0.25, 0.3) is 0 Å². The molecule has 1 unspecified atom stereocenters. The number of esters is 1. The molecule has 2 aromatic rings. The average molecular weight is 469 g/mol. The molecule has 3 N–H and O–H groups in total. The van der Waals surface area contributed by atoms with Crippen LogP contribution in [0.15, 0.2) is 59.8 Å². The molecule has 33 heavy (non-hydrogen) atoms. The Balaban J connectivity index is 1.77. The topological polar surface area (TPSA) is 91.9 Å². The number of rotatable bonds is 7. The Hall–Kier alpha value is -3.59. The van der Waals surface area contributed by atoms with Crippen molar-refractivity contribution in [3.63, 3.8) is 0 Å². The highest BCUT2D eigenvalue weighted by atomic mass is 32.1. The number of urea groups is 1. The van der Waals surface area contributed by atoms with Gasteiger partial charge in [0.25, 0.3) is 0 Å². The number of ether oxygens (including phenoxy) is 2. The maximum absolute atomic E-state index is 12.7. The Morgan fingerprint density at radius 1 is 1.09 bits per heavy atom. The molecular formula is C24H28N4O4S. The number of nitrogens with zero attached hydrogens (tertiary/aromatic N) is 1. The van der Waals surface area contributed by atoms with Crippen molar-refractivity contribution in [1.82, 2.24) is 10.2 Å². The van der Waals surface area contributed by atoms with E-state index in [-0.39, 0.29) is 18.6 Å². The van der Waals surface area contributed by atoms with Crippen molar-refractivity contribution in [1.29, 1.82) is 0 Å². The second-order valence-corrected chi connectivity index (χ2v) is 7.67. The first-order chi connectivity index (χ1) is 15.9. The van der Waals surface area contributed by atoms with Gasteiger partial charge in [0, 0.05) is 29.7 Å². The summed E-state index contributed by atoms with van der Waals surface area (Å²) >= 11 is 5.50. The molecule has 0 bridgehead atoms. The van der Waals surface area contributed by atoms with E-state index in [0.29, 0.717) is 34.4 Å². The van der Waals surface area contributed by atoms with Gasteiger partial charge in [0.2, 0.25) is 0 Å². The minimum atomic E-state index is -0.445. The van der Waals surface area contributed by atoms with Gasteiger partial charge in [-0.05, 0) is 62.8 Å². The lowest BCUT2D eigenvalue weighted by molar-refractivity contribution is -0.139. The summed E-state index contributed by atoms with van der Waals surface area (Å²) in [6.07, 6.45) is 0. The normalized spacial score (nSPS) is 15.6. The number of thiocarbonyl (C=S) groups is 1. The highest BCUT2D eigenvalue weighted by Gasteiger charge is 2.34. The van der Waals surface area contributed by atoms with Gasteiger partial charge in [0.15, 0.2) is 5.11 Å². The fourth-order valence-electron chi connectivity index (χ4n) is 3.64. The summed E-state index contributed by atoms with van der Waals surface area (Å²) in [6.45, 7) is 6.54. The highest BCUT2D eigenvalue weighted by molar-refractivity contribution is 7.80. The second kappa shape index (κ2) is 10.8. The predicted molar refractivity (Wildman–Crippen MR) is 132 cm³/mol. The van der Waals surface area contributed by atoms with Gasteiger partial charge in [-0.2, -0.15) is 0 Å². The summed E-state index contributed by atoms with van der Waals surface area (Å²) in [5.74, 6) is 0.269. The van der Waals surface area contributed by atoms with Gasteiger partial charge < -0.3 is 30.3 Å². The first-order valence-electron chi connectivity index (χ1n) is 10.7.